The Morgan fingerprint density at radius 2 is 1.84 bits per heavy atom. The molecule has 0 aliphatic rings. The van der Waals surface area contributed by atoms with Gasteiger partial charge in [-0.05, 0) is 48.4 Å². The average molecular weight is 501 g/mol. The quantitative estimate of drug-likeness (QED) is 0.308. The minimum Gasteiger partial charge on any atom is -0.496 e. The molecule has 0 bridgehead atoms. The molecule has 0 spiro atoms. The van der Waals surface area contributed by atoms with E-state index >= 15 is 0 Å². The number of nitrogens with two attached hydrogens (primary N) is 1. The second-order valence-corrected chi connectivity index (χ2v) is 8.42. The van der Waals surface area contributed by atoms with E-state index in [0.29, 0.717) is 27.9 Å². The van der Waals surface area contributed by atoms with E-state index in [0.717, 1.165) is 29.0 Å². The molecule has 37 heavy (non-hydrogen) atoms. The second-order valence-electron chi connectivity index (χ2n) is 8.42. The summed E-state index contributed by atoms with van der Waals surface area (Å²) in [5.74, 6) is -0.836. The molecule has 3 heterocycles. The maximum absolute atomic E-state index is 13.6. The number of carbonyl (C=O) groups is 1. The van der Waals surface area contributed by atoms with Gasteiger partial charge in [0.15, 0.2) is 5.82 Å². The third-order valence-corrected chi connectivity index (χ3v) is 6.03. The number of aryl methyl sites for hydroxylation is 1. The van der Waals surface area contributed by atoms with E-state index in [4.69, 9.17) is 10.5 Å². The van der Waals surface area contributed by atoms with Crippen LogP contribution in [0.3, 0.4) is 0 Å². The highest BCUT2D eigenvalue weighted by molar-refractivity contribution is 6.06. The van der Waals surface area contributed by atoms with Crippen molar-refractivity contribution in [1.29, 1.82) is 0 Å². The van der Waals surface area contributed by atoms with E-state index in [1.807, 2.05) is 25.1 Å². The number of anilines is 1. The molecule has 3 aromatic heterocycles. The summed E-state index contributed by atoms with van der Waals surface area (Å²) in [7, 11) is 1.42. The molecule has 8 nitrogen and oxygen atoms in total. The number of nitrogens with zero attached hydrogens (tertiary/aromatic N) is 3. The molecule has 1 amide bonds. The van der Waals surface area contributed by atoms with Gasteiger partial charge in [0, 0.05) is 23.9 Å². The number of ether oxygens (including phenoxy) is 1. The zero-order valence-electron chi connectivity index (χ0n) is 20.0. The Kier molecular flexibility index (Phi) is 6.22. The topological polar surface area (TPSA) is 119 Å². The number of H-pyrrole nitrogens is 1. The number of amides is 1. The van der Waals surface area contributed by atoms with Gasteiger partial charge in [-0.2, -0.15) is 5.10 Å². The number of aromatic amines is 1. The van der Waals surface area contributed by atoms with E-state index in [9.17, 15) is 13.6 Å². The molecule has 0 fully saturated rings. The highest BCUT2D eigenvalue weighted by Gasteiger charge is 2.19. The molecule has 10 heteroatoms. The molecule has 0 aliphatic heterocycles. The predicted octanol–water partition coefficient (Wildman–Crippen LogP) is 4.79. The first kappa shape index (κ1) is 23.9. The third kappa shape index (κ3) is 4.56. The van der Waals surface area contributed by atoms with Crippen molar-refractivity contribution in [1.82, 2.24) is 25.5 Å². The third-order valence-electron chi connectivity index (χ3n) is 6.03. The van der Waals surface area contributed by atoms with Gasteiger partial charge in [-0.15, -0.1) is 0 Å². The van der Waals surface area contributed by atoms with Crippen LogP contribution >= 0.6 is 0 Å². The van der Waals surface area contributed by atoms with Crippen molar-refractivity contribution >= 4 is 22.6 Å². The van der Waals surface area contributed by atoms with Crippen LogP contribution in [0.25, 0.3) is 33.4 Å². The van der Waals surface area contributed by atoms with Crippen molar-refractivity contribution in [2.75, 3.05) is 12.8 Å². The van der Waals surface area contributed by atoms with Crippen LogP contribution in [0.1, 0.15) is 21.5 Å². The van der Waals surface area contributed by atoms with Gasteiger partial charge in [-0.1, -0.05) is 18.2 Å². The summed E-state index contributed by atoms with van der Waals surface area (Å²) in [6.07, 6.45) is 2.79. The van der Waals surface area contributed by atoms with Gasteiger partial charge in [0.05, 0.1) is 41.2 Å². The molecule has 2 aromatic carbocycles. The summed E-state index contributed by atoms with van der Waals surface area (Å²) in [6, 6.07) is 12.4. The lowest BCUT2D eigenvalue weighted by atomic mass is 9.98. The van der Waals surface area contributed by atoms with Crippen molar-refractivity contribution < 1.29 is 18.3 Å². The van der Waals surface area contributed by atoms with Crippen molar-refractivity contribution in [2.24, 2.45) is 0 Å². The van der Waals surface area contributed by atoms with Crippen LogP contribution in [0.15, 0.2) is 60.9 Å². The van der Waals surface area contributed by atoms with Gasteiger partial charge in [-0.25, -0.2) is 8.78 Å². The van der Waals surface area contributed by atoms with Crippen molar-refractivity contribution in [2.45, 2.75) is 13.5 Å². The monoisotopic (exact) mass is 500 g/mol. The maximum Gasteiger partial charge on any atom is 0.255 e. The number of pyridine rings is 2. The van der Waals surface area contributed by atoms with Gasteiger partial charge in [0.25, 0.3) is 5.91 Å². The van der Waals surface area contributed by atoms with E-state index in [-0.39, 0.29) is 23.7 Å². The number of methoxy groups -OCH3 is 1. The number of nitrogens with one attached hydrogen (secondary N) is 2. The SMILES string of the molecule is COc1ccc(F)cc1C(=O)NCc1ccc(-c2ncc(-c3ccc(F)cn3)c3[nH]nc(N)c23)c(C)c1. The molecule has 0 saturated heterocycles. The Balaban J connectivity index is 1.43. The van der Waals surface area contributed by atoms with Crippen LogP contribution in [0.4, 0.5) is 14.6 Å². The highest BCUT2D eigenvalue weighted by Crippen LogP contribution is 2.36. The van der Waals surface area contributed by atoms with E-state index in [1.54, 1.807) is 12.3 Å². The number of rotatable bonds is 6. The number of fused-ring (bicyclic) bond motifs is 1. The van der Waals surface area contributed by atoms with Crippen molar-refractivity contribution in [3.8, 4) is 28.3 Å². The number of carbonyl (C=O) groups excluding carboxylic acids is 1. The van der Waals surface area contributed by atoms with Crippen LogP contribution in [0.5, 0.6) is 5.75 Å². The van der Waals surface area contributed by atoms with E-state index < -0.39 is 17.5 Å². The second kappa shape index (κ2) is 9.65. The van der Waals surface area contributed by atoms with Crippen LogP contribution < -0.4 is 15.8 Å². The summed E-state index contributed by atoms with van der Waals surface area (Å²) in [4.78, 5) is 21.4. The van der Waals surface area contributed by atoms with Crippen LogP contribution in [-0.4, -0.2) is 33.2 Å². The first-order valence-electron chi connectivity index (χ1n) is 11.3. The maximum atomic E-state index is 13.6. The number of halogens is 2. The Bertz CT molecular complexity index is 1630. The molecule has 0 radical (unpaired) electrons. The Labute approximate surface area is 210 Å². The zero-order chi connectivity index (χ0) is 26.1. The lowest BCUT2D eigenvalue weighted by Crippen LogP contribution is -2.23. The first-order chi connectivity index (χ1) is 17.9. The minimum absolute atomic E-state index is 0.119. The van der Waals surface area contributed by atoms with Crippen LogP contribution in [0, 0.1) is 18.6 Å². The molecular formula is C27H22F2N6O2. The fourth-order valence-corrected chi connectivity index (χ4v) is 4.22. The fourth-order valence-electron chi connectivity index (χ4n) is 4.22. The van der Waals surface area contributed by atoms with Crippen molar-refractivity contribution in [3.63, 3.8) is 0 Å². The number of hydrogen-bond donors (Lipinski definition) is 3. The first-order valence-corrected chi connectivity index (χ1v) is 11.3. The Hall–Kier alpha value is -4.86. The normalized spacial score (nSPS) is 11.0. The van der Waals surface area contributed by atoms with E-state index in [2.05, 4.69) is 25.5 Å². The summed E-state index contributed by atoms with van der Waals surface area (Å²) >= 11 is 0. The molecule has 5 rings (SSSR count). The highest BCUT2D eigenvalue weighted by atomic mass is 19.1. The molecule has 0 saturated carbocycles. The lowest BCUT2D eigenvalue weighted by Gasteiger charge is -2.12. The van der Waals surface area contributed by atoms with Gasteiger partial charge in [-0.3, -0.25) is 19.9 Å². The number of nitrogen functional groups attached to an aromatic ring is 1. The smallest absolute Gasteiger partial charge is 0.255 e. The molecule has 0 unspecified atom stereocenters. The average Bonchev–Trinajstić information content (AvgIpc) is 3.29. The lowest BCUT2D eigenvalue weighted by molar-refractivity contribution is 0.0947. The van der Waals surface area contributed by atoms with Crippen LogP contribution in [-0.2, 0) is 6.54 Å². The number of hydrogen-bond acceptors (Lipinski definition) is 6. The number of benzene rings is 2. The molecule has 186 valence electrons. The van der Waals surface area contributed by atoms with Gasteiger partial charge >= 0.3 is 0 Å². The zero-order valence-corrected chi connectivity index (χ0v) is 20.0. The van der Waals surface area contributed by atoms with Crippen molar-refractivity contribution in [3.05, 3.63) is 89.2 Å². The molecule has 0 aliphatic carbocycles. The standard InChI is InChI=1S/C27H22F2N6O2/c1-14-9-15(11-33-27(36)19-10-16(28)5-8-22(19)37-2)3-6-18(14)24-23-25(34-35-26(23)30)20(13-32-24)21-7-4-17(29)12-31-21/h3-10,12-13H,11H2,1-2H3,(H,33,36)(H3,30,34,35). The largest absolute Gasteiger partial charge is 0.496 e. The van der Waals surface area contributed by atoms with Gasteiger partial charge in [0.1, 0.15) is 17.4 Å². The molecule has 4 N–H and O–H groups in total. The molecule has 5 aromatic rings. The van der Waals surface area contributed by atoms with Crippen LogP contribution in [0.2, 0.25) is 0 Å². The van der Waals surface area contributed by atoms with E-state index in [1.165, 1.54) is 25.3 Å². The summed E-state index contributed by atoms with van der Waals surface area (Å²) in [6.45, 7) is 2.15. The summed E-state index contributed by atoms with van der Waals surface area (Å²) in [5, 5.41) is 10.5. The number of aromatic nitrogens is 4. The summed E-state index contributed by atoms with van der Waals surface area (Å²) < 4.78 is 32.2. The Morgan fingerprint density at radius 1 is 1.03 bits per heavy atom. The molecular weight excluding hydrogens is 478 g/mol. The van der Waals surface area contributed by atoms with Gasteiger partial charge in [0.2, 0.25) is 0 Å². The predicted molar refractivity (Wildman–Crippen MR) is 136 cm³/mol. The van der Waals surface area contributed by atoms with Gasteiger partial charge < -0.3 is 15.8 Å². The fraction of sp³-hybridized carbons (Fsp3) is 0.111. The molecule has 0 atom stereocenters. The Morgan fingerprint density at radius 3 is 2.57 bits per heavy atom. The minimum atomic E-state index is -0.523. The summed E-state index contributed by atoms with van der Waals surface area (Å²) in [5.41, 5.74) is 11.3.